The Morgan fingerprint density at radius 3 is 3.36 bits per heavy atom. The molecule has 0 bridgehead atoms. The average Bonchev–Trinajstić information content (AvgIpc) is 2.78. The van der Waals surface area contributed by atoms with Gasteiger partial charge in [-0.25, -0.2) is 4.98 Å². The van der Waals surface area contributed by atoms with Crippen LogP contribution >= 0.6 is 11.3 Å². The van der Waals surface area contributed by atoms with Crippen molar-refractivity contribution in [3.05, 3.63) is 23.6 Å². The molecule has 2 N–H and O–H groups in total. The van der Waals surface area contributed by atoms with E-state index in [1.54, 1.807) is 11.3 Å². The van der Waals surface area contributed by atoms with E-state index in [2.05, 4.69) is 10.3 Å². The van der Waals surface area contributed by atoms with Gasteiger partial charge in [0.15, 0.2) is 0 Å². The van der Waals surface area contributed by atoms with Gasteiger partial charge in [0, 0.05) is 11.6 Å². The van der Waals surface area contributed by atoms with Crippen LogP contribution in [0.4, 0.5) is 0 Å². The Morgan fingerprint density at radius 1 is 1.64 bits per heavy atom. The summed E-state index contributed by atoms with van der Waals surface area (Å²) >= 11 is 1.66. The summed E-state index contributed by atoms with van der Waals surface area (Å²) in [6.45, 7) is 0.866. The van der Waals surface area contributed by atoms with Gasteiger partial charge in [0.05, 0.1) is 18.3 Å². The highest BCUT2D eigenvalue weighted by Gasteiger charge is 2.29. The summed E-state index contributed by atoms with van der Waals surface area (Å²) in [4.78, 5) is 5.46. The maximum absolute atomic E-state index is 9.75. The number of rotatable bonds is 1. The zero-order valence-electron chi connectivity index (χ0n) is 7.55. The average molecular weight is 209 g/mol. The Bertz CT molecular complexity index is 450. The highest BCUT2D eigenvalue weighted by molar-refractivity contribution is 7.15. The first-order chi connectivity index (χ1) is 6.86. The van der Waals surface area contributed by atoms with E-state index in [0.29, 0.717) is 0 Å². The molecule has 3 heterocycles. The lowest BCUT2D eigenvalue weighted by Crippen LogP contribution is -2.23. The molecule has 2 atom stereocenters. The maximum Gasteiger partial charge on any atom is 0.133 e. The van der Waals surface area contributed by atoms with Gasteiger partial charge in [-0.2, -0.15) is 0 Å². The molecule has 1 fully saturated rings. The largest absolute Gasteiger partial charge is 0.391 e. The van der Waals surface area contributed by atoms with E-state index in [9.17, 15) is 5.11 Å². The van der Waals surface area contributed by atoms with Crippen LogP contribution in [0.3, 0.4) is 0 Å². The minimum atomic E-state index is -0.305. The van der Waals surface area contributed by atoms with Gasteiger partial charge < -0.3 is 10.4 Å². The second-order valence-electron chi connectivity index (χ2n) is 3.52. The lowest BCUT2D eigenvalue weighted by molar-refractivity contribution is 0.156. The quantitative estimate of drug-likeness (QED) is 0.730. The molecule has 14 heavy (non-hydrogen) atoms. The third kappa shape index (κ3) is 1.10. The Hall–Kier alpha value is -0.910. The van der Waals surface area contributed by atoms with E-state index in [4.69, 9.17) is 0 Å². The molecule has 2 unspecified atom stereocenters. The molecule has 0 radical (unpaired) electrons. The zero-order chi connectivity index (χ0) is 9.54. The molecule has 0 amide bonds. The standard InChI is InChI=1S/C9H11N3OS/c13-6-1-2-10-8(6)9-11-5-7-12(9)3-4-14-7/h3-6,8,10,13H,1-2H2. The zero-order valence-corrected chi connectivity index (χ0v) is 8.37. The highest BCUT2D eigenvalue weighted by Crippen LogP contribution is 2.25. The van der Waals surface area contributed by atoms with Crippen molar-refractivity contribution in [3.8, 4) is 0 Å². The van der Waals surface area contributed by atoms with Crippen LogP contribution < -0.4 is 5.32 Å². The van der Waals surface area contributed by atoms with Gasteiger partial charge in [-0.3, -0.25) is 4.40 Å². The van der Waals surface area contributed by atoms with Crippen LogP contribution in [-0.4, -0.2) is 27.1 Å². The topological polar surface area (TPSA) is 49.6 Å². The molecule has 0 aliphatic carbocycles. The van der Waals surface area contributed by atoms with Crippen LogP contribution in [0.1, 0.15) is 18.3 Å². The Balaban J connectivity index is 2.08. The fourth-order valence-corrected chi connectivity index (χ4v) is 2.64. The van der Waals surface area contributed by atoms with E-state index < -0.39 is 0 Å². The molecule has 1 aliphatic heterocycles. The molecule has 3 rings (SSSR count). The van der Waals surface area contributed by atoms with Gasteiger partial charge in [-0.05, 0) is 13.0 Å². The van der Waals surface area contributed by atoms with Crippen molar-refractivity contribution in [1.29, 1.82) is 0 Å². The number of aliphatic hydroxyl groups excluding tert-OH is 1. The van der Waals surface area contributed by atoms with E-state index in [-0.39, 0.29) is 12.1 Å². The predicted molar refractivity (Wildman–Crippen MR) is 54.4 cm³/mol. The van der Waals surface area contributed by atoms with Crippen molar-refractivity contribution >= 4 is 16.2 Å². The fourth-order valence-electron chi connectivity index (χ4n) is 1.94. The van der Waals surface area contributed by atoms with Crippen LogP contribution in [0.25, 0.3) is 4.83 Å². The van der Waals surface area contributed by atoms with Gasteiger partial charge in [0.2, 0.25) is 0 Å². The summed E-state index contributed by atoms with van der Waals surface area (Å²) in [6, 6.07) is -0.00731. The van der Waals surface area contributed by atoms with E-state index >= 15 is 0 Å². The summed E-state index contributed by atoms with van der Waals surface area (Å²) in [5.74, 6) is 0.922. The van der Waals surface area contributed by atoms with Gasteiger partial charge in [-0.1, -0.05) is 0 Å². The van der Waals surface area contributed by atoms with Crippen molar-refractivity contribution in [2.75, 3.05) is 6.54 Å². The highest BCUT2D eigenvalue weighted by atomic mass is 32.1. The van der Waals surface area contributed by atoms with Crippen LogP contribution in [0.15, 0.2) is 17.8 Å². The van der Waals surface area contributed by atoms with E-state index in [1.807, 2.05) is 22.2 Å². The number of hydrogen-bond acceptors (Lipinski definition) is 4. The summed E-state index contributed by atoms with van der Waals surface area (Å²) < 4.78 is 2.04. The number of fused-ring (bicyclic) bond motifs is 1. The molecule has 1 saturated heterocycles. The van der Waals surface area contributed by atoms with Gasteiger partial charge in [0.25, 0.3) is 0 Å². The lowest BCUT2D eigenvalue weighted by atomic mass is 10.2. The van der Waals surface area contributed by atoms with Crippen molar-refractivity contribution in [2.24, 2.45) is 0 Å². The summed E-state index contributed by atoms with van der Waals surface area (Å²) in [5.41, 5.74) is 0. The molecule has 0 aromatic carbocycles. The Morgan fingerprint density at radius 2 is 2.57 bits per heavy atom. The molecule has 0 saturated carbocycles. The second kappa shape index (κ2) is 3.05. The minimum Gasteiger partial charge on any atom is -0.391 e. The van der Waals surface area contributed by atoms with Crippen molar-refractivity contribution < 1.29 is 5.11 Å². The van der Waals surface area contributed by atoms with E-state index in [1.165, 1.54) is 0 Å². The summed E-state index contributed by atoms with van der Waals surface area (Å²) in [5, 5.41) is 15.0. The number of nitrogens with one attached hydrogen (secondary N) is 1. The van der Waals surface area contributed by atoms with Crippen molar-refractivity contribution in [2.45, 2.75) is 18.6 Å². The molecule has 4 nitrogen and oxygen atoms in total. The van der Waals surface area contributed by atoms with Crippen LogP contribution in [0, 0.1) is 0 Å². The number of nitrogens with zero attached hydrogens (tertiary/aromatic N) is 2. The normalized spacial score (nSPS) is 27.5. The van der Waals surface area contributed by atoms with Gasteiger partial charge in [0.1, 0.15) is 10.7 Å². The van der Waals surface area contributed by atoms with Crippen LogP contribution in [0.5, 0.6) is 0 Å². The summed E-state index contributed by atoms with van der Waals surface area (Å²) in [6.07, 6.45) is 4.35. The molecule has 0 spiro atoms. The lowest BCUT2D eigenvalue weighted by Gasteiger charge is -2.12. The van der Waals surface area contributed by atoms with Crippen LogP contribution in [-0.2, 0) is 0 Å². The molecule has 1 aliphatic rings. The minimum absolute atomic E-state index is 0.00731. The van der Waals surface area contributed by atoms with E-state index in [0.717, 1.165) is 23.6 Å². The molecule has 2 aromatic heterocycles. The predicted octanol–water partition coefficient (Wildman–Crippen LogP) is 0.791. The van der Waals surface area contributed by atoms with Gasteiger partial charge >= 0.3 is 0 Å². The second-order valence-corrected chi connectivity index (χ2v) is 4.44. The van der Waals surface area contributed by atoms with Crippen LogP contribution in [0.2, 0.25) is 0 Å². The molecular weight excluding hydrogens is 198 g/mol. The molecule has 5 heteroatoms. The molecular formula is C9H11N3OS. The first-order valence-corrected chi connectivity index (χ1v) is 5.56. The number of imidazole rings is 1. The van der Waals surface area contributed by atoms with Crippen molar-refractivity contribution in [3.63, 3.8) is 0 Å². The summed E-state index contributed by atoms with van der Waals surface area (Å²) in [7, 11) is 0. The number of hydrogen-bond donors (Lipinski definition) is 2. The SMILES string of the molecule is OC1CCNC1c1ncc2sccn12. The first-order valence-electron chi connectivity index (χ1n) is 4.68. The Labute approximate surface area is 85.2 Å². The maximum atomic E-state index is 9.75. The molecule has 74 valence electrons. The Kier molecular flexibility index (Phi) is 1.83. The monoisotopic (exact) mass is 209 g/mol. The number of aliphatic hydroxyl groups is 1. The number of aromatic nitrogens is 2. The molecule has 2 aromatic rings. The number of thiazole rings is 1. The smallest absolute Gasteiger partial charge is 0.133 e. The van der Waals surface area contributed by atoms with Gasteiger partial charge in [-0.15, -0.1) is 11.3 Å². The fraction of sp³-hybridized carbons (Fsp3) is 0.444. The third-order valence-corrected chi connectivity index (χ3v) is 3.46. The first kappa shape index (κ1) is 8.40. The van der Waals surface area contributed by atoms with Crippen molar-refractivity contribution in [1.82, 2.24) is 14.7 Å². The third-order valence-electron chi connectivity index (χ3n) is 2.66.